The van der Waals surface area contributed by atoms with E-state index in [1.807, 2.05) is 6.92 Å². The lowest BCUT2D eigenvalue weighted by atomic mass is 10.3. The minimum absolute atomic E-state index is 0.0453. The fourth-order valence-corrected chi connectivity index (χ4v) is 1.42. The smallest absolute Gasteiger partial charge is 0.335 e. The number of carboxylic acids is 1. The quantitative estimate of drug-likeness (QED) is 0.849. The fraction of sp³-hybridized carbons (Fsp3) is 0.273. The van der Waals surface area contributed by atoms with E-state index >= 15 is 0 Å². The number of aryl methyl sites for hydroxylation is 1. The lowest BCUT2D eigenvalue weighted by Gasteiger charge is -2.01. The molecular weight excluding hydrogens is 238 g/mol. The van der Waals surface area contributed by atoms with Crippen LogP contribution in [-0.2, 0) is 13.0 Å². The molecule has 2 rings (SSSR count). The number of aromatic nitrogens is 3. The Kier molecular flexibility index (Phi) is 3.22. The molecule has 1 N–H and O–H groups in total. The molecule has 0 amide bonds. The normalized spacial score (nSPS) is 10.5. The van der Waals surface area contributed by atoms with E-state index in [4.69, 9.17) is 9.63 Å². The maximum atomic E-state index is 11.6. The van der Waals surface area contributed by atoms with Crippen molar-refractivity contribution in [1.29, 1.82) is 0 Å². The first-order chi connectivity index (χ1) is 8.60. The molecule has 94 valence electrons. The standard InChI is InChI=1S/C11H11N3O4/c1-2-8-12-9(18-13-8)6-14-4-3-7(11(16)17)5-10(14)15/h3-5H,2,6H2,1H3,(H,16,17). The van der Waals surface area contributed by atoms with Gasteiger partial charge in [0.2, 0.25) is 5.89 Å². The largest absolute Gasteiger partial charge is 0.478 e. The van der Waals surface area contributed by atoms with Gasteiger partial charge in [-0.3, -0.25) is 4.79 Å². The van der Waals surface area contributed by atoms with Crippen LogP contribution in [0.2, 0.25) is 0 Å². The Labute approximate surface area is 102 Å². The summed E-state index contributed by atoms with van der Waals surface area (Å²) < 4.78 is 6.26. The van der Waals surface area contributed by atoms with Crippen LogP contribution in [0.1, 0.15) is 29.0 Å². The summed E-state index contributed by atoms with van der Waals surface area (Å²) in [5.74, 6) is -0.248. The molecule has 0 aliphatic heterocycles. The van der Waals surface area contributed by atoms with Gasteiger partial charge in [-0.05, 0) is 6.07 Å². The zero-order chi connectivity index (χ0) is 13.1. The van der Waals surface area contributed by atoms with E-state index in [9.17, 15) is 9.59 Å². The molecule has 7 nitrogen and oxygen atoms in total. The Morgan fingerprint density at radius 2 is 2.33 bits per heavy atom. The minimum Gasteiger partial charge on any atom is -0.478 e. The number of carbonyl (C=O) groups is 1. The maximum absolute atomic E-state index is 11.6. The molecule has 0 fully saturated rings. The molecule has 0 saturated heterocycles. The van der Waals surface area contributed by atoms with Gasteiger partial charge in [0.15, 0.2) is 5.82 Å². The van der Waals surface area contributed by atoms with Crippen molar-refractivity contribution in [2.75, 3.05) is 0 Å². The number of pyridine rings is 1. The van der Waals surface area contributed by atoms with Crippen molar-refractivity contribution in [1.82, 2.24) is 14.7 Å². The Balaban J connectivity index is 2.24. The summed E-state index contributed by atoms with van der Waals surface area (Å²) >= 11 is 0. The second-order valence-electron chi connectivity index (χ2n) is 3.64. The summed E-state index contributed by atoms with van der Waals surface area (Å²) in [5, 5.41) is 12.4. The van der Waals surface area contributed by atoms with Crippen LogP contribution in [0.3, 0.4) is 0 Å². The molecule has 18 heavy (non-hydrogen) atoms. The number of aromatic carboxylic acids is 1. The van der Waals surface area contributed by atoms with E-state index in [0.29, 0.717) is 18.1 Å². The van der Waals surface area contributed by atoms with Gasteiger partial charge in [0.05, 0.1) is 5.56 Å². The number of hydrogen-bond donors (Lipinski definition) is 1. The predicted octanol–water partition coefficient (Wildman–Crippen LogP) is 0.540. The van der Waals surface area contributed by atoms with Gasteiger partial charge < -0.3 is 14.2 Å². The van der Waals surface area contributed by atoms with Crippen molar-refractivity contribution in [3.63, 3.8) is 0 Å². The van der Waals surface area contributed by atoms with E-state index in [-0.39, 0.29) is 12.1 Å². The van der Waals surface area contributed by atoms with Crippen LogP contribution in [0, 0.1) is 0 Å². The summed E-state index contributed by atoms with van der Waals surface area (Å²) in [6, 6.07) is 2.40. The Morgan fingerprint density at radius 3 is 2.89 bits per heavy atom. The number of nitrogens with zero attached hydrogens (tertiary/aromatic N) is 3. The van der Waals surface area contributed by atoms with Crippen molar-refractivity contribution >= 4 is 5.97 Å². The monoisotopic (exact) mass is 249 g/mol. The van der Waals surface area contributed by atoms with Crippen molar-refractivity contribution in [3.8, 4) is 0 Å². The third kappa shape index (κ3) is 2.45. The van der Waals surface area contributed by atoms with Crippen LogP contribution in [0.25, 0.3) is 0 Å². The van der Waals surface area contributed by atoms with Gasteiger partial charge in [0, 0.05) is 18.7 Å². The Hall–Kier alpha value is -2.44. The SMILES string of the molecule is CCc1noc(Cn2ccc(C(=O)O)cc2=O)n1. The summed E-state index contributed by atoms with van der Waals surface area (Å²) in [4.78, 5) is 26.4. The second kappa shape index (κ2) is 4.82. The van der Waals surface area contributed by atoms with Crippen molar-refractivity contribution in [2.24, 2.45) is 0 Å². The molecule has 0 radical (unpaired) electrons. The predicted molar refractivity (Wildman–Crippen MR) is 60.4 cm³/mol. The zero-order valence-electron chi connectivity index (χ0n) is 9.66. The first kappa shape index (κ1) is 12.0. The number of carboxylic acid groups (broad SMARTS) is 1. The van der Waals surface area contributed by atoms with E-state index < -0.39 is 11.5 Å². The van der Waals surface area contributed by atoms with Crippen LogP contribution < -0.4 is 5.56 Å². The van der Waals surface area contributed by atoms with Crippen molar-refractivity contribution in [2.45, 2.75) is 19.9 Å². The van der Waals surface area contributed by atoms with E-state index in [0.717, 1.165) is 6.07 Å². The molecule has 2 heterocycles. The maximum Gasteiger partial charge on any atom is 0.335 e. The molecule has 0 unspecified atom stereocenters. The van der Waals surface area contributed by atoms with Gasteiger partial charge in [-0.25, -0.2) is 4.79 Å². The highest BCUT2D eigenvalue weighted by molar-refractivity contribution is 5.87. The van der Waals surface area contributed by atoms with Gasteiger partial charge in [-0.15, -0.1) is 0 Å². The minimum atomic E-state index is -1.13. The molecule has 2 aromatic heterocycles. The van der Waals surface area contributed by atoms with E-state index in [2.05, 4.69) is 10.1 Å². The number of rotatable bonds is 4. The molecular formula is C11H11N3O4. The highest BCUT2D eigenvalue weighted by Crippen LogP contribution is 2.01. The first-order valence-electron chi connectivity index (χ1n) is 5.35. The third-order valence-corrected chi connectivity index (χ3v) is 2.38. The van der Waals surface area contributed by atoms with Gasteiger partial charge in [-0.2, -0.15) is 4.98 Å². The third-order valence-electron chi connectivity index (χ3n) is 2.38. The molecule has 7 heteroatoms. The number of hydrogen-bond acceptors (Lipinski definition) is 5. The van der Waals surface area contributed by atoms with Crippen LogP contribution in [0.4, 0.5) is 0 Å². The Bertz CT molecular complexity index is 629. The molecule has 0 bridgehead atoms. The molecule has 0 spiro atoms. The average molecular weight is 249 g/mol. The highest BCUT2D eigenvalue weighted by Gasteiger charge is 2.09. The van der Waals surface area contributed by atoms with Gasteiger partial charge in [-0.1, -0.05) is 12.1 Å². The van der Waals surface area contributed by atoms with Crippen LogP contribution in [0.5, 0.6) is 0 Å². The van der Waals surface area contributed by atoms with E-state index in [1.54, 1.807) is 0 Å². The zero-order valence-corrected chi connectivity index (χ0v) is 9.66. The van der Waals surface area contributed by atoms with Gasteiger partial charge >= 0.3 is 5.97 Å². The van der Waals surface area contributed by atoms with Crippen molar-refractivity contribution in [3.05, 3.63) is 46.0 Å². The highest BCUT2D eigenvalue weighted by atomic mass is 16.5. The lowest BCUT2D eigenvalue weighted by molar-refractivity contribution is 0.0696. The summed E-state index contributed by atoms with van der Waals surface area (Å²) in [7, 11) is 0. The summed E-state index contributed by atoms with van der Waals surface area (Å²) in [6.45, 7) is 2.02. The second-order valence-corrected chi connectivity index (χ2v) is 3.64. The fourth-order valence-electron chi connectivity index (χ4n) is 1.42. The summed E-state index contributed by atoms with van der Waals surface area (Å²) in [5.41, 5.74) is -0.470. The molecule has 0 aliphatic rings. The van der Waals surface area contributed by atoms with Crippen LogP contribution >= 0.6 is 0 Å². The molecule has 0 aliphatic carbocycles. The lowest BCUT2D eigenvalue weighted by Crippen LogP contribution is -2.21. The van der Waals surface area contributed by atoms with E-state index in [1.165, 1.54) is 16.8 Å². The molecule has 0 aromatic carbocycles. The molecule has 0 atom stereocenters. The molecule has 0 saturated carbocycles. The average Bonchev–Trinajstić information content (AvgIpc) is 2.79. The van der Waals surface area contributed by atoms with Crippen molar-refractivity contribution < 1.29 is 14.4 Å². The van der Waals surface area contributed by atoms with Crippen LogP contribution in [-0.4, -0.2) is 25.8 Å². The van der Waals surface area contributed by atoms with Gasteiger partial charge in [0.1, 0.15) is 6.54 Å². The summed E-state index contributed by atoms with van der Waals surface area (Å²) in [6.07, 6.45) is 2.04. The molecule has 2 aromatic rings. The topological polar surface area (TPSA) is 98.2 Å². The van der Waals surface area contributed by atoms with Gasteiger partial charge in [0.25, 0.3) is 5.56 Å². The first-order valence-corrected chi connectivity index (χ1v) is 5.35. The van der Waals surface area contributed by atoms with Crippen LogP contribution in [0.15, 0.2) is 27.6 Å². The Morgan fingerprint density at radius 1 is 1.56 bits per heavy atom.